The normalized spacial score (nSPS) is 11.3. The van der Waals surface area contributed by atoms with Crippen molar-refractivity contribution >= 4 is 34.8 Å². The standard InChI is InChI=1S/C16H14Cl2N2O/c1-11(14-8-7-13(17)10-15(14)18)19-20-16(21)9-12-5-3-2-4-6-12/h2-8,10H,9H2,1H3,(H,20,21)/b19-11-. The van der Waals surface area contributed by atoms with Crippen LogP contribution in [0.1, 0.15) is 18.1 Å². The summed E-state index contributed by atoms with van der Waals surface area (Å²) in [7, 11) is 0. The monoisotopic (exact) mass is 320 g/mol. The molecule has 0 bridgehead atoms. The number of carbonyl (C=O) groups excluding carboxylic acids is 1. The van der Waals surface area contributed by atoms with E-state index in [1.165, 1.54) is 0 Å². The Labute approximate surface area is 133 Å². The Morgan fingerprint density at radius 3 is 2.52 bits per heavy atom. The zero-order valence-electron chi connectivity index (χ0n) is 11.4. The Kier molecular flexibility index (Phi) is 5.37. The first-order valence-electron chi connectivity index (χ1n) is 6.39. The van der Waals surface area contributed by atoms with E-state index in [9.17, 15) is 4.79 Å². The van der Waals surface area contributed by atoms with E-state index in [1.807, 2.05) is 30.3 Å². The van der Waals surface area contributed by atoms with Crippen molar-refractivity contribution in [1.82, 2.24) is 5.43 Å². The highest BCUT2D eigenvalue weighted by molar-refractivity contribution is 6.37. The van der Waals surface area contributed by atoms with Crippen LogP contribution < -0.4 is 5.43 Å². The summed E-state index contributed by atoms with van der Waals surface area (Å²) in [5.74, 6) is -0.175. The molecule has 0 unspecified atom stereocenters. The summed E-state index contributed by atoms with van der Waals surface area (Å²) < 4.78 is 0. The van der Waals surface area contributed by atoms with Crippen LogP contribution in [-0.4, -0.2) is 11.6 Å². The van der Waals surface area contributed by atoms with E-state index in [0.717, 1.165) is 11.1 Å². The minimum Gasteiger partial charge on any atom is -0.273 e. The predicted octanol–water partition coefficient (Wildman–Crippen LogP) is 4.08. The number of hydrogen-bond acceptors (Lipinski definition) is 2. The molecule has 0 aliphatic heterocycles. The quantitative estimate of drug-likeness (QED) is 0.669. The number of benzene rings is 2. The van der Waals surface area contributed by atoms with Crippen LogP contribution >= 0.6 is 23.2 Å². The Balaban J connectivity index is 2.01. The number of hydrazone groups is 1. The third-order valence-corrected chi connectivity index (χ3v) is 3.42. The summed E-state index contributed by atoms with van der Waals surface area (Å²) in [6.45, 7) is 1.78. The molecule has 2 aromatic rings. The molecular formula is C16H14Cl2N2O. The van der Waals surface area contributed by atoms with Gasteiger partial charge in [0.15, 0.2) is 0 Å². The van der Waals surface area contributed by atoms with Crippen molar-refractivity contribution in [2.75, 3.05) is 0 Å². The molecule has 0 aliphatic carbocycles. The maximum atomic E-state index is 11.8. The fourth-order valence-electron chi connectivity index (χ4n) is 1.81. The molecule has 0 saturated carbocycles. The first kappa shape index (κ1) is 15.5. The van der Waals surface area contributed by atoms with Gasteiger partial charge in [-0.05, 0) is 24.6 Å². The molecule has 21 heavy (non-hydrogen) atoms. The molecule has 0 aromatic heterocycles. The van der Waals surface area contributed by atoms with Gasteiger partial charge in [-0.2, -0.15) is 5.10 Å². The second kappa shape index (κ2) is 7.25. The van der Waals surface area contributed by atoms with Gasteiger partial charge < -0.3 is 0 Å². The third kappa shape index (κ3) is 4.59. The maximum Gasteiger partial charge on any atom is 0.244 e. The van der Waals surface area contributed by atoms with Gasteiger partial charge in [0, 0.05) is 10.6 Å². The summed E-state index contributed by atoms with van der Waals surface area (Å²) >= 11 is 11.9. The molecule has 1 amide bonds. The number of nitrogens with one attached hydrogen (secondary N) is 1. The van der Waals surface area contributed by atoms with E-state index >= 15 is 0 Å². The Morgan fingerprint density at radius 2 is 1.86 bits per heavy atom. The Bertz CT molecular complexity index is 669. The second-order valence-corrected chi connectivity index (χ2v) is 5.36. The van der Waals surface area contributed by atoms with Gasteiger partial charge in [-0.1, -0.05) is 59.6 Å². The van der Waals surface area contributed by atoms with E-state index < -0.39 is 0 Å². The van der Waals surface area contributed by atoms with Gasteiger partial charge in [0.25, 0.3) is 0 Å². The lowest BCUT2D eigenvalue weighted by Crippen LogP contribution is -2.21. The summed E-state index contributed by atoms with van der Waals surface area (Å²) in [5.41, 5.74) is 4.83. The van der Waals surface area contributed by atoms with Gasteiger partial charge in [-0.3, -0.25) is 4.79 Å². The van der Waals surface area contributed by atoms with Crippen molar-refractivity contribution in [2.24, 2.45) is 5.10 Å². The highest BCUT2D eigenvalue weighted by atomic mass is 35.5. The molecule has 0 radical (unpaired) electrons. The van der Waals surface area contributed by atoms with E-state index in [-0.39, 0.29) is 12.3 Å². The highest BCUT2D eigenvalue weighted by Gasteiger charge is 2.06. The van der Waals surface area contributed by atoms with Crippen LogP contribution in [0.5, 0.6) is 0 Å². The summed E-state index contributed by atoms with van der Waals surface area (Å²) in [5, 5.41) is 5.13. The number of amides is 1. The number of hydrogen-bond donors (Lipinski definition) is 1. The summed E-state index contributed by atoms with van der Waals surface area (Å²) in [6.07, 6.45) is 0.284. The maximum absolute atomic E-state index is 11.8. The third-order valence-electron chi connectivity index (χ3n) is 2.88. The van der Waals surface area contributed by atoms with E-state index in [0.29, 0.717) is 15.8 Å². The van der Waals surface area contributed by atoms with Crippen molar-refractivity contribution in [3.05, 3.63) is 69.7 Å². The topological polar surface area (TPSA) is 41.5 Å². The van der Waals surface area contributed by atoms with E-state index in [1.54, 1.807) is 25.1 Å². The molecule has 0 atom stereocenters. The van der Waals surface area contributed by atoms with Crippen molar-refractivity contribution in [3.63, 3.8) is 0 Å². The van der Waals surface area contributed by atoms with Gasteiger partial charge in [0.05, 0.1) is 17.2 Å². The van der Waals surface area contributed by atoms with Crippen LogP contribution in [0.25, 0.3) is 0 Å². The largest absolute Gasteiger partial charge is 0.273 e. The minimum atomic E-state index is -0.175. The fourth-order valence-corrected chi connectivity index (χ4v) is 2.36. The predicted molar refractivity (Wildman–Crippen MR) is 87.0 cm³/mol. The summed E-state index contributed by atoms with van der Waals surface area (Å²) in [6, 6.07) is 14.6. The molecule has 2 aromatic carbocycles. The zero-order chi connectivity index (χ0) is 15.2. The number of carbonyl (C=O) groups is 1. The molecule has 0 fully saturated rings. The van der Waals surface area contributed by atoms with Crippen LogP contribution in [-0.2, 0) is 11.2 Å². The van der Waals surface area contributed by atoms with E-state index in [2.05, 4.69) is 10.5 Å². The van der Waals surface area contributed by atoms with Crippen molar-refractivity contribution in [3.8, 4) is 0 Å². The Morgan fingerprint density at radius 1 is 1.14 bits per heavy atom. The molecule has 0 aliphatic rings. The smallest absolute Gasteiger partial charge is 0.244 e. The first-order valence-corrected chi connectivity index (χ1v) is 7.14. The first-order chi connectivity index (χ1) is 10.1. The lowest BCUT2D eigenvalue weighted by Gasteiger charge is -2.05. The van der Waals surface area contributed by atoms with Gasteiger partial charge in [0.2, 0.25) is 5.91 Å². The molecule has 1 N–H and O–H groups in total. The van der Waals surface area contributed by atoms with Gasteiger partial charge in [-0.15, -0.1) is 0 Å². The minimum absolute atomic E-state index is 0.175. The summed E-state index contributed by atoms with van der Waals surface area (Å²) in [4.78, 5) is 11.8. The van der Waals surface area contributed by atoms with Crippen LogP contribution in [0.2, 0.25) is 10.0 Å². The number of nitrogens with zero attached hydrogens (tertiary/aromatic N) is 1. The lowest BCUT2D eigenvalue weighted by atomic mass is 10.1. The number of halogens is 2. The van der Waals surface area contributed by atoms with Gasteiger partial charge in [0.1, 0.15) is 0 Å². The zero-order valence-corrected chi connectivity index (χ0v) is 12.9. The van der Waals surface area contributed by atoms with E-state index in [4.69, 9.17) is 23.2 Å². The molecule has 2 rings (SSSR count). The second-order valence-electron chi connectivity index (χ2n) is 4.52. The molecule has 108 valence electrons. The molecule has 0 spiro atoms. The molecule has 0 saturated heterocycles. The molecule has 5 heteroatoms. The van der Waals surface area contributed by atoms with Crippen LogP contribution in [0.15, 0.2) is 53.6 Å². The molecule has 0 heterocycles. The SMILES string of the molecule is C/C(=N/NC(=O)Cc1ccccc1)c1ccc(Cl)cc1Cl. The fraction of sp³-hybridized carbons (Fsp3) is 0.125. The molecular weight excluding hydrogens is 307 g/mol. The van der Waals surface area contributed by atoms with Crippen molar-refractivity contribution in [2.45, 2.75) is 13.3 Å². The average Bonchev–Trinajstić information content (AvgIpc) is 2.46. The average molecular weight is 321 g/mol. The van der Waals surface area contributed by atoms with Crippen LogP contribution in [0.4, 0.5) is 0 Å². The van der Waals surface area contributed by atoms with Gasteiger partial charge in [-0.25, -0.2) is 5.43 Å². The molecule has 3 nitrogen and oxygen atoms in total. The van der Waals surface area contributed by atoms with Gasteiger partial charge >= 0.3 is 0 Å². The van der Waals surface area contributed by atoms with Crippen LogP contribution in [0, 0.1) is 0 Å². The van der Waals surface area contributed by atoms with Crippen molar-refractivity contribution in [1.29, 1.82) is 0 Å². The van der Waals surface area contributed by atoms with Crippen LogP contribution in [0.3, 0.4) is 0 Å². The van der Waals surface area contributed by atoms with Crippen molar-refractivity contribution < 1.29 is 4.79 Å². The highest BCUT2D eigenvalue weighted by Crippen LogP contribution is 2.21. The number of rotatable bonds is 4. The lowest BCUT2D eigenvalue weighted by molar-refractivity contribution is -0.120. The Hall–Kier alpha value is -1.84.